The second kappa shape index (κ2) is 36.3. The molecule has 0 bridgehead atoms. The van der Waals surface area contributed by atoms with Crippen LogP contribution in [0.3, 0.4) is 0 Å². The van der Waals surface area contributed by atoms with Crippen molar-refractivity contribution in [2.75, 3.05) is 0 Å². The number of hydrogen-bond donors (Lipinski definition) is 0. The number of aromatic nitrogens is 1. The van der Waals surface area contributed by atoms with Crippen molar-refractivity contribution in [3.05, 3.63) is 330 Å². The molecule has 0 amide bonds. The fraction of sp³-hybridized carbons (Fsp3) is 0.356. The summed E-state index contributed by atoms with van der Waals surface area (Å²) in [5, 5.41) is 3.85. The molecule has 14 aromatic carbocycles. The van der Waals surface area contributed by atoms with Crippen LogP contribution in [0.1, 0.15) is 319 Å². The Morgan fingerprint density at radius 1 is 0.244 bits per heavy atom. The summed E-state index contributed by atoms with van der Waals surface area (Å²) in [6.45, 7) is 35.2. The summed E-state index contributed by atoms with van der Waals surface area (Å²) in [6, 6.07) is 94.5. The minimum absolute atomic E-state index is 0.0279. The number of benzene rings is 14. The van der Waals surface area contributed by atoms with Gasteiger partial charge in [0.25, 0.3) is 0 Å². The Balaban J connectivity index is 0.611. The second-order valence-corrected chi connectivity index (χ2v) is 43.6. The van der Waals surface area contributed by atoms with Crippen LogP contribution in [0, 0.1) is 48.5 Å². The minimum atomic E-state index is -0.234. The van der Waals surface area contributed by atoms with Crippen LogP contribution in [0.2, 0.25) is 0 Å². The molecule has 135 heavy (non-hydrogen) atoms. The van der Waals surface area contributed by atoms with Crippen molar-refractivity contribution < 1.29 is 0 Å². The van der Waals surface area contributed by atoms with Crippen molar-refractivity contribution in [2.45, 2.75) is 305 Å². The van der Waals surface area contributed by atoms with E-state index in [-0.39, 0.29) is 33.8 Å². The fourth-order valence-electron chi connectivity index (χ4n) is 27.5. The molecule has 0 fully saturated rings. The van der Waals surface area contributed by atoms with Crippen LogP contribution in [0.5, 0.6) is 0 Å². The standard InChI is InChI=1S/C132H140BNO/c1-16-20-24-28-32-40-63-131(64-41-33-29-25-21-17-2)112-48-38-36-45-100(112)106-59-53-92(78-118(106)131)90-51-57-102-104-61-55-94(80-116(104)129(12,13)114(102)76-90)122-84(6)69-96(70-85(122)7)98-73-109-110-74-99(82-121-127(110)134-125(109)111(75-98)128(135)108-47-44-50-120(126(108)134)133(121)124-88(10)67-83(5)68-89(124)11)97-71-86(8)123(87(9)72-97)95-56-62-105-103-58-52-91(77-115(103)130(14,15)117(105)81-95)93-54-60-107-101-46-37-39-49-113(101)132(119(107)79-93,65-42-34-30-26-22-18-3)66-43-35-31-27-23-19-4/h36-39,44-62,67-82H,16-35,40-43,63-66H2,1-15H3. The molecule has 3 heterocycles. The largest absolute Gasteiger partial charge is 0.309 e. The zero-order chi connectivity index (χ0) is 93.1. The molecule has 21 rings (SSSR count). The van der Waals surface area contributed by atoms with E-state index in [0.717, 1.165) is 38.3 Å². The molecule has 0 saturated heterocycles. The van der Waals surface area contributed by atoms with Crippen molar-refractivity contribution in [3.8, 4) is 111 Å². The Kier molecular flexibility index (Phi) is 24.2. The molecule has 0 N–H and O–H groups in total. The molecule has 0 saturated carbocycles. The van der Waals surface area contributed by atoms with Crippen LogP contribution >= 0.6 is 0 Å². The number of para-hydroxylation sites is 1. The van der Waals surface area contributed by atoms with Gasteiger partial charge in [0.05, 0.1) is 11.0 Å². The van der Waals surface area contributed by atoms with E-state index in [9.17, 15) is 0 Å². The zero-order valence-electron chi connectivity index (χ0n) is 83.7. The predicted molar refractivity (Wildman–Crippen MR) is 584 cm³/mol. The smallest absolute Gasteiger partial charge is 0.247 e. The first-order valence-electron chi connectivity index (χ1n) is 52.8. The van der Waals surface area contributed by atoms with Crippen LogP contribution in [0.4, 0.5) is 0 Å². The molecule has 3 heteroatoms. The van der Waals surface area contributed by atoms with Gasteiger partial charge < -0.3 is 4.40 Å². The molecule has 0 spiro atoms. The van der Waals surface area contributed by atoms with Gasteiger partial charge in [-0.3, -0.25) is 4.79 Å². The van der Waals surface area contributed by atoms with Crippen molar-refractivity contribution in [1.29, 1.82) is 0 Å². The van der Waals surface area contributed by atoms with Crippen LogP contribution in [0.25, 0.3) is 149 Å². The maximum absolute atomic E-state index is 16.0. The quantitative estimate of drug-likeness (QED) is 0.0220. The van der Waals surface area contributed by atoms with E-state index in [0.29, 0.717) is 0 Å². The number of fused-ring (bicyclic) bond motifs is 13. The molecule has 2 nitrogen and oxygen atoms in total. The third-order valence-electron chi connectivity index (χ3n) is 34.1. The molecular weight excluding hydrogens is 1630 g/mol. The first kappa shape index (κ1) is 90.1. The highest BCUT2D eigenvalue weighted by Gasteiger charge is 2.46. The summed E-state index contributed by atoms with van der Waals surface area (Å²) in [4.78, 5) is 16.0. The van der Waals surface area contributed by atoms with Crippen molar-refractivity contribution in [1.82, 2.24) is 4.40 Å². The van der Waals surface area contributed by atoms with Crippen molar-refractivity contribution in [2.24, 2.45) is 0 Å². The van der Waals surface area contributed by atoms with E-state index >= 15 is 4.79 Å². The van der Waals surface area contributed by atoms with E-state index < -0.39 is 0 Å². The summed E-state index contributed by atoms with van der Waals surface area (Å²) < 4.78 is 2.52. The van der Waals surface area contributed by atoms with E-state index in [1.807, 2.05) is 0 Å². The Morgan fingerprint density at radius 2 is 0.556 bits per heavy atom. The lowest BCUT2D eigenvalue weighted by molar-refractivity contribution is 0.398. The maximum atomic E-state index is 16.0. The lowest BCUT2D eigenvalue weighted by Gasteiger charge is -2.33. The third kappa shape index (κ3) is 15.2. The van der Waals surface area contributed by atoms with Crippen LogP contribution in [0.15, 0.2) is 241 Å². The Bertz CT molecular complexity index is 7330. The highest BCUT2D eigenvalue weighted by atomic mass is 16.1. The molecule has 16 aromatic rings. The molecule has 4 aliphatic carbocycles. The summed E-state index contributed by atoms with van der Waals surface area (Å²) in [6.07, 6.45) is 36.5. The molecular formula is C132H140BNO. The maximum Gasteiger partial charge on any atom is 0.247 e. The van der Waals surface area contributed by atoms with Gasteiger partial charge in [-0.2, -0.15) is 0 Å². The Morgan fingerprint density at radius 3 is 0.956 bits per heavy atom. The fourth-order valence-corrected chi connectivity index (χ4v) is 27.5. The summed E-state index contributed by atoms with van der Waals surface area (Å²) in [5.74, 6) is 0. The predicted octanol–water partition coefficient (Wildman–Crippen LogP) is 35.3. The number of pyridine rings is 1. The van der Waals surface area contributed by atoms with E-state index in [1.165, 1.54) is 368 Å². The SMILES string of the molecule is CCCCCCCCC1(CCCCCCCC)c2ccccc2-c2ccc(-c3ccc4c(c3)C(C)(C)c3cc(-c5c(C)cc(-c6cc7c8c(c6)c6cc(-c9cc(C)c(-c%10ccc%11c(c%10)C(C)(C)c%10cc(-c%12ccc%13c(c%12)C(CCCCCCCC)(CCCCCCCC)c%12ccccc%12-%13)ccc%10-%11)c(C)c9)cc9c(=O)c%10cccc(c%10n8c96)B7c6c(C)cc(C)cc6C)cc5C)ccc3-4)cc21. The van der Waals surface area contributed by atoms with Gasteiger partial charge in [0.15, 0.2) is 5.43 Å². The summed E-state index contributed by atoms with van der Waals surface area (Å²) in [5.41, 5.74) is 53.5. The molecule has 682 valence electrons. The van der Waals surface area contributed by atoms with Gasteiger partial charge in [-0.25, -0.2) is 0 Å². The van der Waals surface area contributed by atoms with Gasteiger partial charge in [0, 0.05) is 48.7 Å². The summed E-state index contributed by atoms with van der Waals surface area (Å²) in [7, 11) is 0. The molecule has 0 radical (unpaired) electrons. The summed E-state index contributed by atoms with van der Waals surface area (Å²) >= 11 is 0. The first-order valence-corrected chi connectivity index (χ1v) is 52.8. The first-order chi connectivity index (χ1) is 65.6. The molecule has 2 aromatic heterocycles. The van der Waals surface area contributed by atoms with Crippen molar-refractivity contribution in [3.63, 3.8) is 0 Å². The number of unbranched alkanes of at least 4 members (excludes halogenated alkanes) is 20. The third-order valence-corrected chi connectivity index (χ3v) is 34.1. The normalized spacial score (nSPS) is 14.5. The van der Waals surface area contributed by atoms with Gasteiger partial charge in [-0.15, -0.1) is 0 Å². The molecule has 0 atom stereocenters. The Hall–Kier alpha value is -11.4. The van der Waals surface area contributed by atoms with Gasteiger partial charge in [-0.1, -0.05) is 408 Å². The average Bonchev–Trinajstić information content (AvgIpc) is 1.56. The highest BCUT2D eigenvalue weighted by Crippen LogP contribution is 2.60. The number of rotatable bonds is 35. The van der Waals surface area contributed by atoms with Crippen molar-refractivity contribution >= 4 is 61.2 Å². The second-order valence-electron chi connectivity index (χ2n) is 43.6. The Labute approximate surface area is 806 Å². The minimum Gasteiger partial charge on any atom is -0.309 e. The lowest BCUT2D eigenvalue weighted by atomic mass is 9.34. The number of aryl methyl sites for hydroxylation is 7. The number of hydrogen-bond acceptors (Lipinski definition) is 1. The van der Waals surface area contributed by atoms with Crippen LogP contribution in [-0.4, -0.2) is 11.1 Å². The van der Waals surface area contributed by atoms with Gasteiger partial charge in [0.2, 0.25) is 6.71 Å². The number of nitrogens with zero attached hydrogens (tertiary/aromatic N) is 1. The molecule has 0 unspecified atom stereocenters. The van der Waals surface area contributed by atoms with Gasteiger partial charge in [0.1, 0.15) is 0 Å². The van der Waals surface area contributed by atoms with Crippen LogP contribution in [-0.2, 0) is 21.7 Å². The zero-order valence-corrected chi connectivity index (χ0v) is 83.7. The van der Waals surface area contributed by atoms with Gasteiger partial charge in [-0.05, 0) is 324 Å². The van der Waals surface area contributed by atoms with E-state index in [4.69, 9.17) is 0 Å². The van der Waals surface area contributed by atoms with E-state index in [1.54, 1.807) is 22.3 Å². The molecule has 1 aliphatic heterocycles. The average molecular weight is 1770 g/mol. The monoisotopic (exact) mass is 1770 g/mol. The lowest BCUT2D eigenvalue weighted by Crippen LogP contribution is -2.56. The van der Waals surface area contributed by atoms with E-state index in [2.05, 4.69) is 345 Å². The van der Waals surface area contributed by atoms with Crippen LogP contribution < -0.4 is 21.8 Å². The highest BCUT2D eigenvalue weighted by molar-refractivity contribution is 6.99. The topological polar surface area (TPSA) is 21.5 Å². The molecule has 5 aliphatic rings. The van der Waals surface area contributed by atoms with Gasteiger partial charge >= 0.3 is 0 Å².